The molecule has 0 saturated heterocycles. The molecular weight excluding hydrogens is 434 g/mol. The number of nitro benzene ring substituents is 1. The second-order valence-corrected chi connectivity index (χ2v) is 7.68. The van der Waals surface area contributed by atoms with Crippen LogP contribution in [0.5, 0.6) is 0 Å². The van der Waals surface area contributed by atoms with Gasteiger partial charge < -0.3 is 10.6 Å². The third kappa shape index (κ3) is 3.88. The van der Waals surface area contributed by atoms with Crippen LogP contribution in [-0.4, -0.2) is 30.6 Å². The normalized spacial score (nSPS) is 14.8. The second kappa shape index (κ2) is 8.58. The van der Waals surface area contributed by atoms with Gasteiger partial charge in [-0.15, -0.1) is 5.10 Å². The first-order chi connectivity index (χ1) is 16.5. The largest absolute Gasteiger partial charge is 0.328 e. The van der Waals surface area contributed by atoms with Crippen molar-refractivity contribution in [1.82, 2.24) is 19.7 Å². The Bertz CT molecular complexity index is 1420. The van der Waals surface area contributed by atoms with E-state index in [4.69, 9.17) is 0 Å². The molecular formula is C24H19N7O3. The Labute approximate surface area is 194 Å². The summed E-state index contributed by atoms with van der Waals surface area (Å²) < 4.78 is 1.63. The molecule has 1 unspecified atom stereocenters. The van der Waals surface area contributed by atoms with Crippen LogP contribution in [0.25, 0.3) is 11.4 Å². The number of nitro groups is 1. The van der Waals surface area contributed by atoms with Gasteiger partial charge in [0.05, 0.1) is 22.4 Å². The van der Waals surface area contributed by atoms with Gasteiger partial charge in [0.2, 0.25) is 5.95 Å². The molecule has 34 heavy (non-hydrogen) atoms. The van der Waals surface area contributed by atoms with E-state index in [0.29, 0.717) is 34.3 Å². The molecule has 2 aromatic heterocycles. The van der Waals surface area contributed by atoms with Gasteiger partial charge in [-0.05, 0) is 24.6 Å². The number of carbonyl (C=O) groups is 1. The van der Waals surface area contributed by atoms with Crippen molar-refractivity contribution in [3.05, 3.63) is 106 Å². The minimum absolute atomic E-state index is 0.0521. The van der Waals surface area contributed by atoms with Gasteiger partial charge in [0.1, 0.15) is 6.04 Å². The smallest absolute Gasteiger partial charge is 0.270 e. The van der Waals surface area contributed by atoms with Crippen molar-refractivity contribution >= 4 is 23.2 Å². The molecule has 3 heterocycles. The minimum atomic E-state index is -0.561. The van der Waals surface area contributed by atoms with Gasteiger partial charge in [0.15, 0.2) is 5.82 Å². The van der Waals surface area contributed by atoms with E-state index in [1.807, 2.05) is 30.3 Å². The SMILES string of the molecule is CC1=C(C(=O)Nc2cccnc2)C(c2ccccc2)n2nc(-c3cccc([N+](=O)[O-])c3)nc2N1. The summed E-state index contributed by atoms with van der Waals surface area (Å²) in [5, 5.41) is 21.9. The number of allylic oxidation sites excluding steroid dienone is 1. The Hall–Kier alpha value is -4.86. The molecule has 10 heteroatoms. The van der Waals surface area contributed by atoms with Crippen LogP contribution >= 0.6 is 0 Å². The van der Waals surface area contributed by atoms with Crippen molar-refractivity contribution in [1.29, 1.82) is 0 Å². The van der Waals surface area contributed by atoms with Crippen LogP contribution in [0.15, 0.2) is 90.4 Å². The van der Waals surface area contributed by atoms with Gasteiger partial charge in [-0.25, -0.2) is 4.68 Å². The Balaban J connectivity index is 1.59. The molecule has 0 fully saturated rings. The highest BCUT2D eigenvalue weighted by molar-refractivity contribution is 6.05. The number of amides is 1. The van der Waals surface area contributed by atoms with Crippen LogP contribution < -0.4 is 10.6 Å². The molecule has 1 atom stereocenters. The van der Waals surface area contributed by atoms with E-state index >= 15 is 0 Å². The van der Waals surface area contributed by atoms with Crippen LogP contribution in [0, 0.1) is 10.1 Å². The molecule has 10 nitrogen and oxygen atoms in total. The molecule has 2 aromatic carbocycles. The number of hydrogen-bond acceptors (Lipinski definition) is 7. The molecule has 0 spiro atoms. The lowest BCUT2D eigenvalue weighted by atomic mass is 9.95. The summed E-state index contributed by atoms with van der Waals surface area (Å²) in [6.07, 6.45) is 3.20. The van der Waals surface area contributed by atoms with Gasteiger partial charge in [-0.1, -0.05) is 42.5 Å². The van der Waals surface area contributed by atoms with Crippen LogP contribution in [0.3, 0.4) is 0 Å². The molecule has 0 aliphatic carbocycles. The zero-order valence-corrected chi connectivity index (χ0v) is 18.0. The lowest BCUT2D eigenvalue weighted by Crippen LogP contribution is -2.31. The summed E-state index contributed by atoms with van der Waals surface area (Å²) in [4.78, 5) is 32.8. The number of benzene rings is 2. The zero-order valence-electron chi connectivity index (χ0n) is 18.0. The summed E-state index contributed by atoms with van der Waals surface area (Å²) in [5.41, 5.74) is 2.96. The number of carbonyl (C=O) groups excluding carboxylic acids is 1. The summed E-state index contributed by atoms with van der Waals surface area (Å²) in [7, 11) is 0. The lowest BCUT2D eigenvalue weighted by molar-refractivity contribution is -0.384. The number of non-ortho nitro benzene ring substituents is 1. The van der Waals surface area contributed by atoms with Gasteiger partial charge in [0, 0.05) is 29.6 Å². The van der Waals surface area contributed by atoms with Crippen molar-refractivity contribution in [2.24, 2.45) is 0 Å². The van der Waals surface area contributed by atoms with E-state index in [0.717, 1.165) is 5.56 Å². The topological polar surface area (TPSA) is 128 Å². The Kier molecular flexibility index (Phi) is 5.30. The number of nitrogens with zero attached hydrogens (tertiary/aromatic N) is 5. The van der Waals surface area contributed by atoms with Crippen molar-refractivity contribution in [3.8, 4) is 11.4 Å². The summed E-state index contributed by atoms with van der Waals surface area (Å²) in [5.74, 6) is 0.449. The van der Waals surface area contributed by atoms with E-state index in [1.54, 1.807) is 48.3 Å². The van der Waals surface area contributed by atoms with Gasteiger partial charge >= 0.3 is 0 Å². The number of fused-ring (bicyclic) bond motifs is 1. The predicted octanol–water partition coefficient (Wildman–Crippen LogP) is 4.18. The molecule has 1 aliphatic rings. The molecule has 5 rings (SSSR count). The van der Waals surface area contributed by atoms with E-state index in [9.17, 15) is 14.9 Å². The first-order valence-corrected chi connectivity index (χ1v) is 10.5. The van der Waals surface area contributed by atoms with Gasteiger partial charge in [0.25, 0.3) is 11.6 Å². The zero-order chi connectivity index (χ0) is 23.7. The molecule has 0 bridgehead atoms. The number of pyridine rings is 1. The fourth-order valence-electron chi connectivity index (χ4n) is 3.90. The van der Waals surface area contributed by atoms with Crippen LogP contribution in [0.4, 0.5) is 17.3 Å². The van der Waals surface area contributed by atoms with Crippen molar-refractivity contribution in [3.63, 3.8) is 0 Å². The maximum atomic E-state index is 13.4. The fraction of sp³-hybridized carbons (Fsp3) is 0.0833. The molecule has 1 aliphatic heterocycles. The highest BCUT2D eigenvalue weighted by atomic mass is 16.6. The fourth-order valence-corrected chi connectivity index (χ4v) is 3.90. The molecule has 168 valence electrons. The highest BCUT2D eigenvalue weighted by Crippen LogP contribution is 2.37. The van der Waals surface area contributed by atoms with Crippen molar-refractivity contribution < 1.29 is 9.72 Å². The summed E-state index contributed by atoms with van der Waals surface area (Å²) in [6.45, 7) is 1.80. The third-order valence-corrected chi connectivity index (χ3v) is 5.45. The van der Waals surface area contributed by atoms with Gasteiger partial charge in [-0.3, -0.25) is 19.9 Å². The van der Waals surface area contributed by atoms with Crippen molar-refractivity contribution in [2.75, 3.05) is 10.6 Å². The van der Waals surface area contributed by atoms with Gasteiger partial charge in [-0.2, -0.15) is 4.98 Å². The highest BCUT2D eigenvalue weighted by Gasteiger charge is 2.34. The maximum absolute atomic E-state index is 13.4. The molecule has 0 saturated carbocycles. The number of anilines is 2. The average Bonchev–Trinajstić information content (AvgIpc) is 3.28. The molecule has 1 amide bonds. The maximum Gasteiger partial charge on any atom is 0.270 e. The molecule has 2 N–H and O–H groups in total. The van der Waals surface area contributed by atoms with Crippen LogP contribution in [0.2, 0.25) is 0 Å². The quantitative estimate of drug-likeness (QED) is 0.343. The van der Waals surface area contributed by atoms with E-state index < -0.39 is 11.0 Å². The van der Waals surface area contributed by atoms with Crippen LogP contribution in [-0.2, 0) is 4.79 Å². The number of rotatable bonds is 5. The first-order valence-electron chi connectivity index (χ1n) is 10.5. The Morgan fingerprint density at radius 3 is 2.68 bits per heavy atom. The average molecular weight is 453 g/mol. The first kappa shape index (κ1) is 21.0. The second-order valence-electron chi connectivity index (χ2n) is 7.68. The number of nitrogens with one attached hydrogen (secondary N) is 2. The third-order valence-electron chi connectivity index (χ3n) is 5.45. The summed E-state index contributed by atoms with van der Waals surface area (Å²) >= 11 is 0. The van der Waals surface area contributed by atoms with Crippen LogP contribution in [0.1, 0.15) is 18.5 Å². The number of hydrogen-bond donors (Lipinski definition) is 2. The molecule has 0 radical (unpaired) electrons. The van der Waals surface area contributed by atoms with E-state index in [-0.39, 0.29) is 11.6 Å². The Morgan fingerprint density at radius 1 is 1.12 bits per heavy atom. The predicted molar refractivity (Wildman–Crippen MR) is 126 cm³/mol. The Morgan fingerprint density at radius 2 is 1.94 bits per heavy atom. The molecule has 4 aromatic rings. The standard InChI is InChI=1S/C24H19N7O3/c1-15-20(23(32)27-18-10-6-12-25-14-18)21(16-7-3-2-4-8-16)30-24(26-15)28-22(29-30)17-9-5-11-19(13-17)31(33)34/h2-14,21H,1H3,(H,27,32)(H,26,28,29). The van der Waals surface area contributed by atoms with E-state index in [1.165, 1.54) is 12.1 Å². The lowest BCUT2D eigenvalue weighted by Gasteiger charge is -2.28. The minimum Gasteiger partial charge on any atom is -0.328 e. The summed E-state index contributed by atoms with van der Waals surface area (Å²) in [6, 6.07) is 18.6. The monoisotopic (exact) mass is 453 g/mol. The number of aromatic nitrogens is 4. The van der Waals surface area contributed by atoms with Crippen molar-refractivity contribution in [2.45, 2.75) is 13.0 Å². The van der Waals surface area contributed by atoms with E-state index in [2.05, 4.69) is 25.7 Å².